The summed E-state index contributed by atoms with van der Waals surface area (Å²) in [6.07, 6.45) is 4.97. The summed E-state index contributed by atoms with van der Waals surface area (Å²) in [5.74, 6) is -0.350. The van der Waals surface area contributed by atoms with Gasteiger partial charge in [-0.25, -0.2) is 0 Å². The molecule has 0 aromatic carbocycles. The summed E-state index contributed by atoms with van der Waals surface area (Å²) in [5.41, 5.74) is 0. The fraction of sp³-hybridized carbons (Fsp3) is 0.765. The second-order valence-corrected chi connectivity index (χ2v) is 7.05. The van der Waals surface area contributed by atoms with Crippen molar-refractivity contribution in [3.8, 4) is 0 Å². The molecule has 4 unspecified atom stereocenters. The number of hydrogen-bond donors (Lipinski definition) is 0. The Bertz CT molecular complexity index is 387. The van der Waals surface area contributed by atoms with E-state index in [1.807, 2.05) is 27.7 Å². The van der Waals surface area contributed by atoms with Gasteiger partial charge in [-0.1, -0.05) is 39.8 Å². The molecule has 4 atom stereocenters. The number of fused-ring (bicyclic) bond motifs is 2. The Morgan fingerprint density at radius 1 is 0.905 bits per heavy atom. The van der Waals surface area contributed by atoms with E-state index in [2.05, 4.69) is 12.2 Å². The summed E-state index contributed by atoms with van der Waals surface area (Å²) in [7, 11) is 0. The first-order valence-electron chi connectivity index (χ1n) is 7.91. The van der Waals surface area contributed by atoms with Gasteiger partial charge in [0.25, 0.3) is 0 Å². The molecule has 2 aliphatic rings. The van der Waals surface area contributed by atoms with Crippen molar-refractivity contribution >= 4 is 11.9 Å². The second kappa shape index (κ2) is 6.63. The highest BCUT2D eigenvalue weighted by Crippen LogP contribution is 2.49. The Morgan fingerprint density at radius 2 is 1.29 bits per heavy atom. The minimum atomic E-state index is -0.363. The summed E-state index contributed by atoms with van der Waals surface area (Å²) in [5, 5.41) is 0. The molecule has 0 N–H and O–H groups in total. The molecule has 0 aliphatic heterocycles. The molecule has 118 valence electrons. The van der Waals surface area contributed by atoms with E-state index in [-0.39, 0.29) is 35.6 Å². The van der Waals surface area contributed by atoms with E-state index >= 15 is 0 Å². The predicted molar refractivity (Wildman–Crippen MR) is 79.3 cm³/mol. The van der Waals surface area contributed by atoms with Crippen molar-refractivity contribution in [2.24, 2.45) is 35.5 Å². The number of carbonyl (C=O) groups excluding carboxylic acids is 2. The number of rotatable bonds is 6. The number of ether oxygens (including phenoxy) is 2. The van der Waals surface area contributed by atoms with Crippen molar-refractivity contribution < 1.29 is 19.1 Å². The Hall–Kier alpha value is -1.32. The van der Waals surface area contributed by atoms with Gasteiger partial charge in [-0.15, -0.1) is 0 Å². The van der Waals surface area contributed by atoms with Gasteiger partial charge in [-0.3, -0.25) is 9.59 Å². The van der Waals surface area contributed by atoms with Crippen molar-refractivity contribution in [2.45, 2.75) is 34.1 Å². The normalized spacial score (nSPS) is 30.2. The number of hydrogen-bond acceptors (Lipinski definition) is 4. The number of allylic oxidation sites excluding steroid dienone is 2. The lowest BCUT2D eigenvalue weighted by Crippen LogP contribution is -2.36. The lowest BCUT2D eigenvalue weighted by Gasteiger charge is -2.25. The highest BCUT2D eigenvalue weighted by Gasteiger charge is 2.53. The lowest BCUT2D eigenvalue weighted by molar-refractivity contribution is -0.162. The summed E-state index contributed by atoms with van der Waals surface area (Å²) < 4.78 is 10.7. The van der Waals surface area contributed by atoms with E-state index in [1.54, 1.807) is 0 Å². The van der Waals surface area contributed by atoms with Crippen LogP contribution in [0.1, 0.15) is 34.1 Å². The van der Waals surface area contributed by atoms with Crippen LogP contribution in [-0.2, 0) is 19.1 Å². The Balaban J connectivity index is 2.02. The zero-order valence-electron chi connectivity index (χ0n) is 13.4. The molecule has 0 heterocycles. The average Bonchev–Trinajstić information content (AvgIpc) is 3.02. The monoisotopic (exact) mass is 294 g/mol. The molecule has 4 heteroatoms. The first-order valence-corrected chi connectivity index (χ1v) is 7.91. The van der Waals surface area contributed by atoms with Gasteiger partial charge in [0.05, 0.1) is 25.0 Å². The number of esters is 2. The minimum Gasteiger partial charge on any atom is -0.465 e. The predicted octanol–water partition coefficient (Wildman–Crippen LogP) is 2.82. The third-order valence-electron chi connectivity index (χ3n) is 4.12. The highest BCUT2D eigenvalue weighted by atomic mass is 16.5. The SMILES string of the molecule is CC(C)COC(=O)C1C2C=CC(C2)C1C(=O)OCC(C)C. The summed E-state index contributed by atoms with van der Waals surface area (Å²) in [6.45, 7) is 8.82. The van der Waals surface area contributed by atoms with Crippen molar-refractivity contribution in [3.05, 3.63) is 12.2 Å². The topological polar surface area (TPSA) is 52.6 Å². The van der Waals surface area contributed by atoms with Gasteiger partial charge in [0.1, 0.15) is 0 Å². The average molecular weight is 294 g/mol. The molecule has 0 radical (unpaired) electrons. The van der Waals surface area contributed by atoms with Crippen LogP contribution in [0.25, 0.3) is 0 Å². The van der Waals surface area contributed by atoms with Gasteiger partial charge in [0.15, 0.2) is 0 Å². The van der Waals surface area contributed by atoms with Gasteiger partial charge >= 0.3 is 11.9 Å². The van der Waals surface area contributed by atoms with Crippen LogP contribution in [0.15, 0.2) is 12.2 Å². The van der Waals surface area contributed by atoms with Gasteiger partial charge in [-0.05, 0) is 30.1 Å². The summed E-state index contributed by atoms with van der Waals surface area (Å²) in [4.78, 5) is 24.7. The van der Waals surface area contributed by atoms with E-state index in [0.717, 1.165) is 6.42 Å². The van der Waals surface area contributed by atoms with Crippen LogP contribution in [0.5, 0.6) is 0 Å². The highest BCUT2D eigenvalue weighted by molar-refractivity contribution is 5.84. The fourth-order valence-corrected chi connectivity index (χ4v) is 3.15. The third kappa shape index (κ3) is 3.66. The summed E-state index contributed by atoms with van der Waals surface area (Å²) >= 11 is 0. The maximum atomic E-state index is 12.3. The molecule has 0 aromatic heterocycles. The molecule has 1 fully saturated rings. The fourth-order valence-electron chi connectivity index (χ4n) is 3.15. The molecule has 4 nitrogen and oxygen atoms in total. The van der Waals surface area contributed by atoms with Gasteiger partial charge in [0.2, 0.25) is 0 Å². The number of carbonyl (C=O) groups is 2. The minimum absolute atomic E-state index is 0.131. The van der Waals surface area contributed by atoms with Crippen molar-refractivity contribution in [2.75, 3.05) is 13.2 Å². The quantitative estimate of drug-likeness (QED) is 0.558. The van der Waals surface area contributed by atoms with Crippen LogP contribution in [0.3, 0.4) is 0 Å². The maximum absolute atomic E-state index is 12.3. The summed E-state index contributed by atoms with van der Waals surface area (Å²) in [6, 6.07) is 0. The van der Waals surface area contributed by atoms with Gasteiger partial charge in [0, 0.05) is 0 Å². The first kappa shape index (κ1) is 16.1. The lowest BCUT2D eigenvalue weighted by atomic mass is 9.83. The van der Waals surface area contributed by atoms with E-state index < -0.39 is 0 Å². The Labute approximate surface area is 126 Å². The zero-order chi connectivity index (χ0) is 15.6. The molecular weight excluding hydrogens is 268 g/mol. The van der Waals surface area contributed by atoms with Crippen LogP contribution in [0.2, 0.25) is 0 Å². The van der Waals surface area contributed by atoms with Gasteiger partial charge < -0.3 is 9.47 Å². The molecule has 21 heavy (non-hydrogen) atoms. The molecule has 1 saturated carbocycles. The van der Waals surface area contributed by atoms with E-state index in [0.29, 0.717) is 25.0 Å². The van der Waals surface area contributed by atoms with E-state index in [9.17, 15) is 9.59 Å². The van der Waals surface area contributed by atoms with Crippen LogP contribution in [0, 0.1) is 35.5 Å². The third-order valence-corrected chi connectivity index (χ3v) is 4.12. The van der Waals surface area contributed by atoms with Gasteiger partial charge in [-0.2, -0.15) is 0 Å². The Kier molecular flexibility index (Phi) is 5.07. The van der Waals surface area contributed by atoms with E-state index in [4.69, 9.17) is 9.47 Å². The van der Waals surface area contributed by atoms with Crippen LogP contribution in [-0.4, -0.2) is 25.2 Å². The second-order valence-electron chi connectivity index (χ2n) is 7.05. The molecule has 0 amide bonds. The van der Waals surface area contributed by atoms with Crippen LogP contribution < -0.4 is 0 Å². The van der Waals surface area contributed by atoms with Crippen LogP contribution in [0.4, 0.5) is 0 Å². The first-order chi connectivity index (χ1) is 9.90. The largest absolute Gasteiger partial charge is 0.465 e. The molecule has 2 rings (SSSR count). The molecule has 0 saturated heterocycles. The zero-order valence-corrected chi connectivity index (χ0v) is 13.4. The van der Waals surface area contributed by atoms with E-state index in [1.165, 1.54) is 0 Å². The molecule has 2 bridgehead atoms. The molecular formula is C17H26O4. The van der Waals surface area contributed by atoms with Crippen molar-refractivity contribution in [3.63, 3.8) is 0 Å². The smallest absolute Gasteiger partial charge is 0.310 e. The van der Waals surface area contributed by atoms with Crippen molar-refractivity contribution in [1.82, 2.24) is 0 Å². The molecule has 0 spiro atoms. The molecule has 2 aliphatic carbocycles. The van der Waals surface area contributed by atoms with Crippen LogP contribution >= 0.6 is 0 Å². The van der Waals surface area contributed by atoms with Crippen molar-refractivity contribution in [1.29, 1.82) is 0 Å². The standard InChI is InChI=1S/C17H26O4/c1-10(2)8-20-16(18)14-12-5-6-13(7-12)15(14)17(19)21-9-11(3)4/h5-6,10-15H,7-9H2,1-4H3. The molecule has 0 aromatic rings. The Morgan fingerprint density at radius 3 is 1.62 bits per heavy atom. The maximum Gasteiger partial charge on any atom is 0.310 e.